The van der Waals surface area contributed by atoms with Crippen LogP contribution in [0.15, 0.2) is 24.3 Å². The number of amides is 1. The molecule has 1 aliphatic heterocycles. The molecule has 1 unspecified atom stereocenters. The van der Waals surface area contributed by atoms with Crippen molar-refractivity contribution in [2.45, 2.75) is 25.6 Å². The van der Waals surface area contributed by atoms with Crippen molar-refractivity contribution >= 4 is 5.91 Å². The number of morpholine rings is 1. The molecule has 0 radical (unpaired) electrons. The van der Waals surface area contributed by atoms with Crippen molar-refractivity contribution in [1.29, 1.82) is 0 Å². The smallest absolute Gasteiger partial charge is 0.370 e. The van der Waals surface area contributed by atoms with Crippen LogP contribution in [0.25, 0.3) is 0 Å². The molecule has 0 aliphatic carbocycles. The Balaban J connectivity index is 2.09. The molecule has 1 amide bonds. The molecule has 0 spiro atoms. The first-order valence-corrected chi connectivity index (χ1v) is 6.48. The molecule has 110 valence electrons. The van der Waals surface area contributed by atoms with Gasteiger partial charge in [-0.15, -0.1) is 0 Å². The summed E-state index contributed by atoms with van der Waals surface area (Å²) >= 11 is 0. The number of alkyl halides is 3. The molecule has 1 aliphatic rings. The quantitative estimate of drug-likeness (QED) is 0.837. The minimum Gasteiger partial charge on any atom is -0.370 e. The van der Waals surface area contributed by atoms with Crippen LogP contribution in [0.1, 0.15) is 30.6 Å². The SMILES string of the molecule is CCC(=O)N1CCOC(c2ccc(C(F)(F)F)cc2)C1. The molecule has 2 rings (SSSR count). The Morgan fingerprint density at radius 1 is 1.35 bits per heavy atom. The van der Waals surface area contributed by atoms with Gasteiger partial charge in [0.2, 0.25) is 5.91 Å². The molecule has 3 nitrogen and oxygen atoms in total. The summed E-state index contributed by atoms with van der Waals surface area (Å²) in [5, 5.41) is 0. The van der Waals surface area contributed by atoms with Crippen LogP contribution in [0, 0.1) is 0 Å². The summed E-state index contributed by atoms with van der Waals surface area (Å²) in [6.45, 7) is 3.10. The van der Waals surface area contributed by atoms with Gasteiger partial charge in [0.25, 0.3) is 0 Å². The number of hydrogen-bond acceptors (Lipinski definition) is 2. The second-order valence-corrected chi connectivity index (χ2v) is 4.67. The van der Waals surface area contributed by atoms with Crippen LogP contribution >= 0.6 is 0 Å². The topological polar surface area (TPSA) is 29.5 Å². The lowest BCUT2D eigenvalue weighted by molar-refractivity contribution is -0.138. The van der Waals surface area contributed by atoms with Crippen LogP contribution < -0.4 is 0 Å². The zero-order chi connectivity index (χ0) is 14.8. The Morgan fingerprint density at radius 3 is 2.55 bits per heavy atom. The zero-order valence-electron chi connectivity index (χ0n) is 11.1. The van der Waals surface area contributed by atoms with Crippen LogP contribution in [0.5, 0.6) is 0 Å². The maximum absolute atomic E-state index is 12.5. The number of nitrogens with zero attached hydrogens (tertiary/aromatic N) is 1. The third-order valence-corrected chi connectivity index (χ3v) is 3.33. The summed E-state index contributed by atoms with van der Waals surface area (Å²) in [5.74, 6) is 0.0326. The fourth-order valence-corrected chi connectivity index (χ4v) is 2.19. The average molecular weight is 287 g/mol. The molecule has 0 saturated carbocycles. The van der Waals surface area contributed by atoms with E-state index >= 15 is 0 Å². The molecule has 1 fully saturated rings. The first-order chi connectivity index (χ1) is 9.41. The number of ether oxygens (including phenoxy) is 1. The number of benzene rings is 1. The van der Waals surface area contributed by atoms with Gasteiger partial charge in [-0.2, -0.15) is 13.2 Å². The summed E-state index contributed by atoms with van der Waals surface area (Å²) in [4.78, 5) is 13.3. The van der Waals surface area contributed by atoms with Crippen molar-refractivity contribution in [1.82, 2.24) is 4.90 Å². The number of carbonyl (C=O) groups is 1. The molecule has 1 heterocycles. The van der Waals surface area contributed by atoms with Crippen molar-refractivity contribution < 1.29 is 22.7 Å². The normalized spacial score (nSPS) is 20.0. The second-order valence-electron chi connectivity index (χ2n) is 4.67. The predicted octanol–water partition coefficient (Wildman–Crippen LogP) is 3.02. The van der Waals surface area contributed by atoms with Crippen LogP contribution in [-0.2, 0) is 15.7 Å². The third kappa shape index (κ3) is 3.30. The molecular formula is C14H16F3NO2. The van der Waals surface area contributed by atoms with Gasteiger partial charge in [-0.3, -0.25) is 4.79 Å². The van der Waals surface area contributed by atoms with E-state index in [1.165, 1.54) is 12.1 Å². The first-order valence-electron chi connectivity index (χ1n) is 6.48. The summed E-state index contributed by atoms with van der Waals surface area (Å²) in [6, 6.07) is 4.90. The Bertz CT molecular complexity index is 470. The van der Waals surface area contributed by atoms with Gasteiger partial charge in [0.15, 0.2) is 0 Å². The van der Waals surface area contributed by atoms with Crippen LogP contribution in [-0.4, -0.2) is 30.5 Å². The van der Waals surface area contributed by atoms with Crippen molar-refractivity contribution in [3.05, 3.63) is 35.4 Å². The number of rotatable bonds is 2. The Morgan fingerprint density at radius 2 is 2.00 bits per heavy atom. The lowest BCUT2D eigenvalue weighted by Gasteiger charge is -2.33. The standard InChI is InChI=1S/C14H16F3NO2/c1-2-13(19)18-7-8-20-12(9-18)10-3-5-11(6-4-10)14(15,16)17/h3-6,12H,2,7-9H2,1H3. The fraction of sp³-hybridized carbons (Fsp3) is 0.500. The van der Waals surface area contributed by atoms with Crippen molar-refractivity contribution in [2.24, 2.45) is 0 Å². The van der Waals surface area contributed by atoms with Crippen molar-refractivity contribution in [3.63, 3.8) is 0 Å². The van der Waals surface area contributed by atoms with E-state index in [1.807, 2.05) is 0 Å². The Hall–Kier alpha value is -1.56. The summed E-state index contributed by atoms with van der Waals surface area (Å²) < 4.78 is 43.0. The van der Waals surface area contributed by atoms with Gasteiger partial charge < -0.3 is 9.64 Å². The highest BCUT2D eigenvalue weighted by Crippen LogP contribution is 2.31. The lowest BCUT2D eigenvalue weighted by atomic mass is 10.0. The van der Waals surface area contributed by atoms with Gasteiger partial charge in [0, 0.05) is 13.0 Å². The monoisotopic (exact) mass is 287 g/mol. The van der Waals surface area contributed by atoms with E-state index in [4.69, 9.17) is 4.74 Å². The van der Waals surface area contributed by atoms with E-state index < -0.39 is 11.7 Å². The fourth-order valence-electron chi connectivity index (χ4n) is 2.19. The van der Waals surface area contributed by atoms with Crippen LogP contribution in [0.4, 0.5) is 13.2 Å². The van der Waals surface area contributed by atoms with Crippen LogP contribution in [0.2, 0.25) is 0 Å². The highest BCUT2D eigenvalue weighted by Gasteiger charge is 2.31. The first kappa shape index (κ1) is 14.8. The minimum atomic E-state index is -4.34. The second kappa shape index (κ2) is 5.83. The molecule has 0 aromatic heterocycles. The molecule has 1 aromatic rings. The molecule has 1 atom stereocenters. The van der Waals surface area contributed by atoms with E-state index in [9.17, 15) is 18.0 Å². The van der Waals surface area contributed by atoms with E-state index in [0.717, 1.165) is 12.1 Å². The minimum absolute atomic E-state index is 0.0326. The number of halogens is 3. The highest BCUT2D eigenvalue weighted by atomic mass is 19.4. The van der Waals surface area contributed by atoms with Gasteiger partial charge in [-0.05, 0) is 17.7 Å². The van der Waals surface area contributed by atoms with Crippen LogP contribution in [0.3, 0.4) is 0 Å². The summed E-state index contributed by atoms with van der Waals surface area (Å²) in [5.41, 5.74) is -0.0230. The zero-order valence-corrected chi connectivity index (χ0v) is 11.1. The van der Waals surface area contributed by atoms with Crippen molar-refractivity contribution in [2.75, 3.05) is 19.7 Å². The summed E-state index contributed by atoms with van der Waals surface area (Å²) in [7, 11) is 0. The van der Waals surface area contributed by atoms with Gasteiger partial charge in [0.1, 0.15) is 6.10 Å². The molecule has 0 N–H and O–H groups in total. The molecule has 0 bridgehead atoms. The molecule has 1 aromatic carbocycles. The maximum atomic E-state index is 12.5. The predicted molar refractivity (Wildman–Crippen MR) is 67.0 cm³/mol. The largest absolute Gasteiger partial charge is 0.416 e. The van der Waals surface area contributed by atoms with E-state index in [-0.39, 0.29) is 12.0 Å². The molecule has 1 saturated heterocycles. The Labute approximate surface area is 115 Å². The van der Waals surface area contributed by atoms with E-state index in [2.05, 4.69) is 0 Å². The maximum Gasteiger partial charge on any atom is 0.416 e. The van der Waals surface area contributed by atoms with Gasteiger partial charge in [-0.1, -0.05) is 19.1 Å². The number of hydrogen-bond donors (Lipinski definition) is 0. The van der Waals surface area contributed by atoms with Gasteiger partial charge >= 0.3 is 6.18 Å². The van der Waals surface area contributed by atoms with E-state index in [1.54, 1.807) is 11.8 Å². The number of carbonyl (C=O) groups excluding carboxylic acids is 1. The third-order valence-electron chi connectivity index (χ3n) is 3.33. The van der Waals surface area contributed by atoms with Crippen molar-refractivity contribution in [3.8, 4) is 0 Å². The van der Waals surface area contributed by atoms with Gasteiger partial charge in [-0.25, -0.2) is 0 Å². The highest BCUT2D eigenvalue weighted by molar-refractivity contribution is 5.75. The lowest BCUT2D eigenvalue weighted by Crippen LogP contribution is -2.41. The molecular weight excluding hydrogens is 271 g/mol. The van der Waals surface area contributed by atoms with Gasteiger partial charge in [0.05, 0.1) is 18.7 Å². The Kier molecular flexibility index (Phi) is 4.32. The summed E-state index contributed by atoms with van der Waals surface area (Å²) in [6.07, 6.45) is -4.28. The average Bonchev–Trinajstić information content (AvgIpc) is 2.46. The van der Waals surface area contributed by atoms with E-state index in [0.29, 0.717) is 31.7 Å². The molecule has 20 heavy (non-hydrogen) atoms. The molecule has 6 heteroatoms.